The Morgan fingerprint density at radius 1 is 1.00 bits per heavy atom. The first kappa shape index (κ1) is 25.4. The number of hydrogen-bond donors (Lipinski definition) is 2. The molecule has 0 bridgehead atoms. The average Bonchev–Trinajstić information content (AvgIpc) is 2.67. The van der Waals surface area contributed by atoms with E-state index in [1.54, 1.807) is 0 Å². The van der Waals surface area contributed by atoms with Gasteiger partial charge in [0.25, 0.3) is 0 Å². The third-order valence-corrected chi connectivity index (χ3v) is 4.63. The van der Waals surface area contributed by atoms with E-state index in [0.29, 0.717) is 19.6 Å². The predicted octanol–water partition coefficient (Wildman–Crippen LogP) is 4.49. The molecule has 0 aromatic heterocycles. The number of hydrogen-bond acceptors (Lipinski definition) is 5. The van der Waals surface area contributed by atoms with Crippen LogP contribution in [0.5, 0.6) is 5.75 Å². The number of benzene rings is 1. The lowest BCUT2D eigenvalue weighted by molar-refractivity contribution is -0.145. The van der Waals surface area contributed by atoms with Crippen LogP contribution in [-0.4, -0.2) is 43.9 Å². The van der Waals surface area contributed by atoms with Crippen molar-refractivity contribution < 1.29 is 14.3 Å². The molecule has 2 N–H and O–H groups in total. The second kappa shape index (κ2) is 14.4. The Hall–Kier alpha value is -1.59. The minimum absolute atomic E-state index is 0.0956. The lowest BCUT2D eigenvalue weighted by Gasteiger charge is -2.20. The second-order valence-corrected chi connectivity index (χ2v) is 8.55. The van der Waals surface area contributed by atoms with Crippen molar-refractivity contribution in [3.05, 3.63) is 29.8 Å². The zero-order chi connectivity index (χ0) is 21.5. The molecule has 0 spiro atoms. The van der Waals surface area contributed by atoms with Crippen LogP contribution in [0.25, 0.3) is 0 Å². The minimum Gasteiger partial charge on any atom is -0.492 e. The Morgan fingerprint density at radius 2 is 1.69 bits per heavy atom. The Balaban J connectivity index is 2.47. The standard InChI is InChI=1S/C24H42N2O3/c1-6-8-9-10-11-16-25-22(23(27)28-7-2)19-20-12-14-21(15-13-20)29-18-17-26-24(3,4)5/h12-15,22,25-26H,6-11,16-19H2,1-5H3/t22-/m0/s1. The molecule has 0 fully saturated rings. The summed E-state index contributed by atoms with van der Waals surface area (Å²) >= 11 is 0. The molecule has 0 saturated carbocycles. The van der Waals surface area contributed by atoms with E-state index in [-0.39, 0.29) is 17.6 Å². The van der Waals surface area contributed by atoms with Crippen LogP contribution >= 0.6 is 0 Å². The maximum atomic E-state index is 12.3. The first-order valence-corrected chi connectivity index (χ1v) is 11.2. The van der Waals surface area contributed by atoms with Gasteiger partial charge in [-0.2, -0.15) is 0 Å². The summed E-state index contributed by atoms with van der Waals surface area (Å²) in [6.07, 6.45) is 6.69. The summed E-state index contributed by atoms with van der Waals surface area (Å²) in [5, 5.41) is 6.79. The number of carbonyl (C=O) groups is 1. The van der Waals surface area contributed by atoms with Crippen LogP contribution in [0.15, 0.2) is 24.3 Å². The van der Waals surface area contributed by atoms with Crippen LogP contribution in [-0.2, 0) is 16.0 Å². The van der Waals surface area contributed by atoms with Crippen LogP contribution in [0.1, 0.15) is 72.3 Å². The van der Waals surface area contributed by atoms with Gasteiger partial charge in [0.2, 0.25) is 0 Å². The molecule has 0 radical (unpaired) electrons. The molecular weight excluding hydrogens is 364 g/mol. The molecule has 0 aliphatic heterocycles. The van der Waals surface area contributed by atoms with Crippen molar-refractivity contribution in [2.24, 2.45) is 0 Å². The lowest BCUT2D eigenvalue weighted by Crippen LogP contribution is -2.40. The van der Waals surface area contributed by atoms with E-state index < -0.39 is 0 Å². The normalized spacial score (nSPS) is 12.6. The van der Waals surface area contributed by atoms with Gasteiger partial charge >= 0.3 is 5.97 Å². The van der Waals surface area contributed by atoms with Gasteiger partial charge in [0.15, 0.2) is 0 Å². The fraction of sp³-hybridized carbons (Fsp3) is 0.708. The Morgan fingerprint density at radius 3 is 2.31 bits per heavy atom. The molecule has 1 atom stereocenters. The fourth-order valence-electron chi connectivity index (χ4n) is 3.04. The molecule has 0 saturated heterocycles. The monoisotopic (exact) mass is 406 g/mol. The molecule has 1 aromatic carbocycles. The van der Waals surface area contributed by atoms with Gasteiger partial charge in [-0.1, -0.05) is 44.7 Å². The minimum atomic E-state index is -0.302. The van der Waals surface area contributed by atoms with Gasteiger partial charge in [-0.25, -0.2) is 0 Å². The number of ether oxygens (including phenoxy) is 2. The van der Waals surface area contributed by atoms with E-state index in [2.05, 4.69) is 38.3 Å². The molecule has 0 aliphatic carbocycles. The Labute approximate surface area is 177 Å². The van der Waals surface area contributed by atoms with Crippen LogP contribution in [0, 0.1) is 0 Å². The smallest absolute Gasteiger partial charge is 0.323 e. The average molecular weight is 407 g/mol. The SMILES string of the molecule is CCCCCCCN[C@@H](Cc1ccc(OCCNC(C)(C)C)cc1)C(=O)OCC. The van der Waals surface area contributed by atoms with Gasteiger partial charge in [-0.3, -0.25) is 4.79 Å². The fourth-order valence-corrected chi connectivity index (χ4v) is 3.04. The highest BCUT2D eigenvalue weighted by Gasteiger charge is 2.19. The summed E-state index contributed by atoms with van der Waals surface area (Å²) in [5.74, 6) is 0.677. The van der Waals surface area contributed by atoms with E-state index in [1.165, 1.54) is 25.7 Å². The molecule has 1 rings (SSSR count). The third-order valence-electron chi connectivity index (χ3n) is 4.63. The van der Waals surface area contributed by atoms with E-state index in [9.17, 15) is 4.79 Å². The molecule has 0 aliphatic rings. The second-order valence-electron chi connectivity index (χ2n) is 8.55. The zero-order valence-corrected chi connectivity index (χ0v) is 19.2. The maximum absolute atomic E-state index is 12.3. The maximum Gasteiger partial charge on any atom is 0.323 e. The van der Waals surface area contributed by atoms with Gasteiger partial charge in [-0.05, 0) is 64.8 Å². The van der Waals surface area contributed by atoms with Crippen LogP contribution in [0.2, 0.25) is 0 Å². The molecule has 166 valence electrons. The molecule has 0 unspecified atom stereocenters. The third kappa shape index (κ3) is 12.6. The van der Waals surface area contributed by atoms with E-state index in [0.717, 1.165) is 30.8 Å². The predicted molar refractivity (Wildman–Crippen MR) is 121 cm³/mol. The van der Waals surface area contributed by atoms with Crippen molar-refractivity contribution in [1.82, 2.24) is 10.6 Å². The molecule has 1 aromatic rings. The van der Waals surface area contributed by atoms with Gasteiger partial charge in [0.1, 0.15) is 18.4 Å². The van der Waals surface area contributed by atoms with Crippen molar-refractivity contribution in [1.29, 1.82) is 0 Å². The van der Waals surface area contributed by atoms with Crippen LogP contribution in [0.4, 0.5) is 0 Å². The van der Waals surface area contributed by atoms with Crippen molar-refractivity contribution >= 4 is 5.97 Å². The summed E-state index contributed by atoms with van der Waals surface area (Å²) in [6, 6.07) is 7.70. The van der Waals surface area contributed by atoms with Crippen molar-refractivity contribution in [2.45, 2.75) is 84.7 Å². The molecule has 29 heavy (non-hydrogen) atoms. The van der Waals surface area contributed by atoms with E-state index >= 15 is 0 Å². The largest absolute Gasteiger partial charge is 0.492 e. The number of unbranched alkanes of at least 4 members (excludes halogenated alkanes) is 4. The summed E-state index contributed by atoms with van der Waals surface area (Å²) in [7, 11) is 0. The summed E-state index contributed by atoms with van der Waals surface area (Å²) in [6.45, 7) is 13.2. The van der Waals surface area contributed by atoms with Crippen molar-refractivity contribution in [2.75, 3.05) is 26.3 Å². The molecule has 0 amide bonds. The molecular formula is C24H42N2O3. The molecule has 0 heterocycles. The number of carbonyl (C=O) groups excluding carboxylic acids is 1. The van der Waals surface area contributed by atoms with Gasteiger partial charge in [0.05, 0.1) is 6.61 Å². The Bertz CT molecular complexity index is 552. The van der Waals surface area contributed by atoms with Gasteiger partial charge in [0, 0.05) is 12.1 Å². The summed E-state index contributed by atoms with van der Waals surface area (Å²) in [4.78, 5) is 12.3. The van der Waals surface area contributed by atoms with Gasteiger partial charge < -0.3 is 20.1 Å². The summed E-state index contributed by atoms with van der Waals surface area (Å²) < 4.78 is 11.0. The van der Waals surface area contributed by atoms with Crippen molar-refractivity contribution in [3.8, 4) is 5.75 Å². The Kier molecular flexibility index (Phi) is 12.6. The molecule has 5 heteroatoms. The van der Waals surface area contributed by atoms with Crippen LogP contribution < -0.4 is 15.4 Å². The zero-order valence-electron chi connectivity index (χ0n) is 19.2. The molecule has 5 nitrogen and oxygen atoms in total. The van der Waals surface area contributed by atoms with E-state index in [1.807, 2.05) is 31.2 Å². The number of nitrogens with one attached hydrogen (secondary N) is 2. The quantitative estimate of drug-likeness (QED) is 0.332. The highest BCUT2D eigenvalue weighted by molar-refractivity contribution is 5.76. The van der Waals surface area contributed by atoms with Gasteiger partial charge in [-0.15, -0.1) is 0 Å². The first-order chi connectivity index (χ1) is 13.9. The highest BCUT2D eigenvalue weighted by Crippen LogP contribution is 2.14. The first-order valence-electron chi connectivity index (χ1n) is 11.2. The topological polar surface area (TPSA) is 59.6 Å². The van der Waals surface area contributed by atoms with Crippen LogP contribution in [0.3, 0.4) is 0 Å². The number of esters is 1. The van der Waals surface area contributed by atoms with Crippen molar-refractivity contribution in [3.63, 3.8) is 0 Å². The van der Waals surface area contributed by atoms with E-state index in [4.69, 9.17) is 9.47 Å². The summed E-state index contributed by atoms with van der Waals surface area (Å²) in [5.41, 5.74) is 1.19. The lowest BCUT2D eigenvalue weighted by atomic mass is 10.1. The number of rotatable bonds is 15. The highest BCUT2D eigenvalue weighted by atomic mass is 16.5.